The van der Waals surface area contributed by atoms with Crippen molar-refractivity contribution in [2.24, 2.45) is 7.05 Å². The van der Waals surface area contributed by atoms with Gasteiger partial charge in [0.2, 0.25) is 0 Å². The molecule has 0 aliphatic heterocycles. The Morgan fingerprint density at radius 2 is 2.07 bits per heavy atom. The van der Waals surface area contributed by atoms with Gasteiger partial charge in [-0.2, -0.15) is 5.10 Å². The lowest BCUT2D eigenvalue weighted by Gasteiger charge is -2.13. The number of hydrogen-bond acceptors (Lipinski definition) is 3. The molecule has 0 saturated carbocycles. The third kappa shape index (κ3) is 3.12. The molecule has 2 N–H and O–H groups in total. The van der Waals surface area contributed by atoms with Crippen LogP contribution in [0.15, 0.2) is 47.0 Å². The van der Waals surface area contributed by atoms with Crippen LogP contribution in [0.25, 0.3) is 21.9 Å². The Balaban J connectivity index is 1.51. The number of fused-ring (bicyclic) bond motifs is 2. The van der Waals surface area contributed by atoms with Crippen molar-refractivity contribution >= 4 is 33.6 Å². The molecule has 4 aromatic rings. The van der Waals surface area contributed by atoms with Crippen LogP contribution >= 0.6 is 0 Å². The molecule has 27 heavy (non-hydrogen) atoms. The van der Waals surface area contributed by atoms with Gasteiger partial charge in [0.05, 0.1) is 17.8 Å². The third-order valence-corrected chi connectivity index (χ3v) is 4.68. The molecule has 2 aromatic carbocycles. The Labute approximate surface area is 155 Å². The molecule has 138 valence electrons. The van der Waals surface area contributed by atoms with Crippen molar-refractivity contribution in [1.29, 1.82) is 0 Å². The summed E-state index contributed by atoms with van der Waals surface area (Å²) in [7, 11) is 1.87. The van der Waals surface area contributed by atoms with Crippen LogP contribution in [0.4, 0.5) is 14.9 Å². The van der Waals surface area contributed by atoms with Gasteiger partial charge in [-0.05, 0) is 50.2 Å². The molecule has 2 amide bonds. The largest absolute Gasteiger partial charge is 0.459 e. The minimum atomic E-state index is -0.373. The van der Waals surface area contributed by atoms with Crippen molar-refractivity contribution < 1.29 is 13.6 Å². The fourth-order valence-electron chi connectivity index (χ4n) is 3.30. The molecule has 1 atom stereocenters. The number of carbonyl (C=O) groups is 1. The molecule has 2 heterocycles. The number of nitrogens with one attached hydrogen (secondary N) is 2. The van der Waals surface area contributed by atoms with E-state index in [4.69, 9.17) is 4.42 Å². The van der Waals surface area contributed by atoms with Crippen molar-refractivity contribution in [2.75, 3.05) is 5.32 Å². The predicted octanol–water partition coefficient (Wildman–Crippen LogP) is 4.65. The number of aromatic nitrogens is 2. The van der Waals surface area contributed by atoms with Gasteiger partial charge >= 0.3 is 6.03 Å². The van der Waals surface area contributed by atoms with E-state index in [1.54, 1.807) is 16.9 Å². The molecule has 0 fully saturated rings. The van der Waals surface area contributed by atoms with Gasteiger partial charge in [0.25, 0.3) is 0 Å². The quantitative estimate of drug-likeness (QED) is 0.554. The molecule has 0 spiro atoms. The van der Waals surface area contributed by atoms with E-state index in [1.807, 2.05) is 39.1 Å². The van der Waals surface area contributed by atoms with Crippen LogP contribution in [0, 0.1) is 12.7 Å². The fourth-order valence-corrected chi connectivity index (χ4v) is 3.30. The Kier molecular flexibility index (Phi) is 4.07. The smallest absolute Gasteiger partial charge is 0.319 e. The van der Waals surface area contributed by atoms with E-state index in [1.165, 1.54) is 12.1 Å². The van der Waals surface area contributed by atoms with Gasteiger partial charge < -0.3 is 15.1 Å². The number of nitrogens with zero attached hydrogens (tertiary/aromatic N) is 2. The molecule has 0 aliphatic rings. The van der Waals surface area contributed by atoms with E-state index in [2.05, 4.69) is 15.7 Å². The average Bonchev–Trinajstić information content (AvgIpc) is 3.15. The van der Waals surface area contributed by atoms with Gasteiger partial charge in [0.15, 0.2) is 0 Å². The van der Waals surface area contributed by atoms with Gasteiger partial charge in [-0.15, -0.1) is 0 Å². The summed E-state index contributed by atoms with van der Waals surface area (Å²) in [6.07, 6.45) is 1.75. The summed E-state index contributed by atoms with van der Waals surface area (Å²) in [5.41, 5.74) is 3.07. The zero-order valence-electron chi connectivity index (χ0n) is 15.2. The van der Waals surface area contributed by atoms with Crippen molar-refractivity contribution in [3.63, 3.8) is 0 Å². The van der Waals surface area contributed by atoms with E-state index in [-0.39, 0.29) is 17.9 Å². The van der Waals surface area contributed by atoms with Crippen LogP contribution in [0.1, 0.15) is 24.3 Å². The van der Waals surface area contributed by atoms with E-state index in [9.17, 15) is 9.18 Å². The zero-order chi connectivity index (χ0) is 19.1. The maximum absolute atomic E-state index is 13.5. The first-order chi connectivity index (χ1) is 12.9. The summed E-state index contributed by atoms with van der Waals surface area (Å²) < 4.78 is 21.0. The van der Waals surface area contributed by atoms with Crippen LogP contribution in [-0.4, -0.2) is 15.8 Å². The number of urea groups is 1. The second-order valence-corrected chi connectivity index (χ2v) is 6.59. The highest BCUT2D eigenvalue weighted by Gasteiger charge is 2.19. The SMILES string of the molecule is Cc1c([C@H](C)NC(=O)Nc2ccc3c(cnn3C)c2)oc2ccc(F)cc12. The van der Waals surface area contributed by atoms with Crippen LogP contribution < -0.4 is 10.6 Å². The molecule has 0 bridgehead atoms. The highest BCUT2D eigenvalue weighted by atomic mass is 19.1. The van der Waals surface area contributed by atoms with Crippen LogP contribution in [-0.2, 0) is 7.05 Å². The summed E-state index contributed by atoms with van der Waals surface area (Å²) in [6, 6.07) is 9.25. The van der Waals surface area contributed by atoms with E-state index in [0.717, 1.165) is 16.5 Å². The predicted molar refractivity (Wildman–Crippen MR) is 102 cm³/mol. The second-order valence-electron chi connectivity index (χ2n) is 6.59. The number of amides is 2. The summed E-state index contributed by atoms with van der Waals surface area (Å²) in [5.74, 6) is 0.288. The third-order valence-electron chi connectivity index (χ3n) is 4.68. The highest BCUT2D eigenvalue weighted by molar-refractivity contribution is 5.93. The number of halogens is 1. The lowest BCUT2D eigenvalue weighted by atomic mass is 10.1. The lowest BCUT2D eigenvalue weighted by Crippen LogP contribution is -2.31. The molecule has 0 radical (unpaired) electrons. The number of benzene rings is 2. The van der Waals surface area contributed by atoms with Crippen LogP contribution in [0.3, 0.4) is 0 Å². The molecule has 4 rings (SSSR count). The summed E-state index contributed by atoms with van der Waals surface area (Å²) >= 11 is 0. The number of aryl methyl sites for hydroxylation is 2. The maximum atomic E-state index is 13.5. The Bertz CT molecular complexity index is 1160. The molecule has 0 unspecified atom stereocenters. The van der Waals surface area contributed by atoms with Crippen LogP contribution in [0.5, 0.6) is 0 Å². The maximum Gasteiger partial charge on any atom is 0.319 e. The van der Waals surface area contributed by atoms with E-state index >= 15 is 0 Å². The average molecular weight is 366 g/mol. The monoisotopic (exact) mass is 366 g/mol. The molecular formula is C20H19FN4O2. The first kappa shape index (κ1) is 17.1. The first-order valence-electron chi connectivity index (χ1n) is 8.60. The Morgan fingerprint density at radius 1 is 1.26 bits per heavy atom. The molecule has 0 aliphatic carbocycles. The molecule has 2 aromatic heterocycles. The summed E-state index contributed by atoms with van der Waals surface area (Å²) in [5, 5.41) is 11.5. The standard InChI is InChI=1S/C20H19FN4O2/c1-11-16-9-14(21)4-7-18(16)27-19(11)12(2)23-20(26)24-15-5-6-17-13(8-15)10-22-25(17)3/h4-10,12H,1-3H3,(H2,23,24,26)/t12-/m0/s1. The van der Waals surface area contributed by atoms with Crippen molar-refractivity contribution in [3.8, 4) is 0 Å². The minimum Gasteiger partial charge on any atom is -0.459 e. The number of furan rings is 1. The number of rotatable bonds is 3. The van der Waals surface area contributed by atoms with Gasteiger partial charge in [-0.3, -0.25) is 4.68 Å². The Hall–Kier alpha value is -3.35. The van der Waals surface area contributed by atoms with Gasteiger partial charge in [0, 0.05) is 29.1 Å². The molecule has 7 heteroatoms. The number of hydrogen-bond donors (Lipinski definition) is 2. The normalized spacial score (nSPS) is 12.4. The van der Waals surface area contributed by atoms with Crippen molar-refractivity contribution in [2.45, 2.75) is 19.9 Å². The summed E-state index contributed by atoms with van der Waals surface area (Å²) in [4.78, 5) is 12.4. The molecular weight excluding hydrogens is 347 g/mol. The fraction of sp³-hybridized carbons (Fsp3) is 0.200. The second kappa shape index (κ2) is 6.42. The van der Waals surface area contributed by atoms with Gasteiger partial charge in [-0.1, -0.05) is 0 Å². The van der Waals surface area contributed by atoms with E-state index in [0.29, 0.717) is 22.4 Å². The molecule has 6 nitrogen and oxygen atoms in total. The lowest BCUT2D eigenvalue weighted by molar-refractivity contribution is 0.248. The topological polar surface area (TPSA) is 72.1 Å². The Morgan fingerprint density at radius 3 is 2.89 bits per heavy atom. The van der Waals surface area contributed by atoms with Crippen molar-refractivity contribution in [1.82, 2.24) is 15.1 Å². The highest BCUT2D eigenvalue weighted by Crippen LogP contribution is 2.30. The molecule has 0 saturated heterocycles. The van der Waals surface area contributed by atoms with Gasteiger partial charge in [0.1, 0.15) is 17.2 Å². The number of carbonyl (C=O) groups excluding carboxylic acids is 1. The van der Waals surface area contributed by atoms with Gasteiger partial charge in [-0.25, -0.2) is 9.18 Å². The van der Waals surface area contributed by atoms with E-state index < -0.39 is 0 Å². The van der Waals surface area contributed by atoms with Crippen LogP contribution in [0.2, 0.25) is 0 Å². The zero-order valence-corrected chi connectivity index (χ0v) is 15.2. The minimum absolute atomic E-state index is 0.318. The number of anilines is 1. The first-order valence-corrected chi connectivity index (χ1v) is 8.60. The summed E-state index contributed by atoms with van der Waals surface area (Å²) in [6.45, 7) is 3.68. The van der Waals surface area contributed by atoms with Crippen molar-refractivity contribution in [3.05, 3.63) is 59.7 Å².